The average molecular weight is 230 g/mol. The molecule has 1 unspecified atom stereocenters. The highest BCUT2D eigenvalue weighted by Gasteiger charge is 2.08. The van der Waals surface area contributed by atoms with Gasteiger partial charge in [-0.2, -0.15) is 5.10 Å². The number of nitrogens with zero attached hydrogens (tertiary/aromatic N) is 2. The zero-order valence-corrected chi connectivity index (χ0v) is 10.5. The second-order valence-electron chi connectivity index (χ2n) is 4.39. The van der Waals surface area contributed by atoms with Crippen LogP contribution in [-0.4, -0.2) is 15.2 Å². The Bertz CT molecular complexity index is 476. The van der Waals surface area contributed by atoms with Crippen molar-refractivity contribution in [3.8, 4) is 0 Å². The van der Waals surface area contributed by atoms with E-state index in [-0.39, 0.29) is 0 Å². The summed E-state index contributed by atoms with van der Waals surface area (Å²) >= 11 is 0. The van der Waals surface area contributed by atoms with Crippen molar-refractivity contribution in [3.63, 3.8) is 0 Å². The first-order valence-electron chi connectivity index (χ1n) is 5.81. The van der Waals surface area contributed by atoms with Gasteiger partial charge in [-0.15, -0.1) is 0 Å². The molecule has 0 fully saturated rings. The molecule has 4 nitrogen and oxygen atoms in total. The summed E-state index contributed by atoms with van der Waals surface area (Å²) < 4.78 is 0. The normalized spacial score (nSPS) is 12.6. The van der Waals surface area contributed by atoms with Crippen molar-refractivity contribution < 1.29 is 0 Å². The topological polar surface area (TPSA) is 53.6 Å². The molecule has 17 heavy (non-hydrogen) atoms. The largest absolute Gasteiger partial charge is 0.303 e. The zero-order valence-electron chi connectivity index (χ0n) is 10.5. The van der Waals surface area contributed by atoms with Gasteiger partial charge < -0.3 is 5.32 Å². The summed E-state index contributed by atoms with van der Waals surface area (Å²) in [6.45, 7) is 7.13. The molecule has 90 valence electrons. The van der Waals surface area contributed by atoms with E-state index in [0.29, 0.717) is 12.6 Å². The molecule has 2 aromatic rings. The maximum Gasteiger partial charge on any atom is 0.138 e. The lowest BCUT2D eigenvalue weighted by Crippen LogP contribution is -2.19. The molecule has 1 atom stereocenters. The first-order chi connectivity index (χ1) is 8.16. The van der Waals surface area contributed by atoms with Crippen LogP contribution in [0.3, 0.4) is 0 Å². The van der Waals surface area contributed by atoms with E-state index in [0.717, 1.165) is 5.82 Å². The van der Waals surface area contributed by atoms with Gasteiger partial charge in [0.1, 0.15) is 12.2 Å². The summed E-state index contributed by atoms with van der Waals surface area (Å²) in [5.74, 6) is 0.863. The van der Waals surface area contributed by atoms with Gasteiger partial charge in [0.15, 0.2) is 0 Å². The molecule has 0 amide bonds. The number of aromatic nitrogens is 3. The summed E-state index contributed by atoms with van der Waals surface area (Å²) in [5, 5.41) is 10.1. The fourth-order valence-corrected chi connectivity index (χ4v) is 1.99. The summed E-state index contributed by atoms with van der Waals surface area (Å²) in [6.07, 6.45) is 1.53. The SMILES string of the molecule is Cc1ccc(C(C)NCc2ncn[nH]2)c(C)c1. The first kappa shape index (κ1) is 11.8. The van der Waals surface area contributed by atoms with Crippen LogP contribution in [0, 0.1) is 13.8 Å². The summed E-state index contributed by atoms with van der Waals surface area (Å²) in [5.41, 5.74) is 3.95. The number of hydrogen-bond donors (Lipinski definition) is 2. The number of benzene rings is 1. The Labute approximate surface area is 101 Å². The third-order valence-electron chi connectivity index (χ3n) is 2.93. The van der Waals surface area contributed by atoms with Crippen molar-refractivity contribution >= 4 is 0 Å². The minimum absolute atomic E-state index is 0.306. The van der Waals surface area contributed by atoms with E-state index >= 15 is 0 Å². The van der Waals surface area contributed by atoms with E-state index in [1.54, 1.807) is 0 Å². The van der Waals surface area contributed by atoms with Gasteiger partial charge in [-0.25, -0.2) is 4.98 Å². The maximum atomic E-state index is 4.09. The van der Waals surface area contributed by atoms with E-state index < -0.39 is 0 Å². The van der Waals surface area contributed by atoms with Gasteiger partial charge in [-0.05, 0) is 31.9 Å². The number of hydrogen-bond acceptors (Lipinski definition) is 3. The Kier molecular flexibility index (Phi) is 3.54. The minimum Gasteiger partial charge on any atom is -0.303 e. The molecule has 4 heteroatoms. The Morgan fingerprint density at radius 2 is 2.18 bits per heavy atom. The fraction of sp³-hybridized carbons (Fsp3) is 0.385. The molecule has 1 heterocycles. The predicted octanol–water partition coefficient (Wildman–Crippen LogP) is 2.27. The number of nitrogens with one attached hydrogen (secondary N) is 2. The molecule has 2 N–H and O–H groups in total. The zero-order chi connectivity index (χ0) is 12.3. The van der Waals surface area contributed by atoms with Gasteiger partial charge in [0.25, 0.3) is 0 Å². The molecule has 0 radical (unpaired) electrons. The van der Waals surface area contributed by atoms with Gasteiger partial charge in [-0.3, -0.25) is 5.10 Å². The van der Waals surface area contributed by atoms with E-state index in [9.17, 15) is 0 Å². The third kappa shape index (κ3) is 2.91. The lowest BCUT2D eigenvalue weighted by molar-refractivity contribution is 0.558. The van der Waals surface area contributed by atoms with Gasteiger partial charge in [0.2, 0.25) is 0 Å². The summed E-state index contributed by atoms with van der Waals surface area (Å²) in [6, 6.07) is 6.85. The molecule has 1 aromatic carbocycles. The summed E-state index contributed by atoms with van der Waals surface area (Å²) in [4.78, 5) is 4.09. The number of aryl methyl sites for hydroxylation is 2. The Balaban J connectivity index is 2.01. The highest BCUT2D eigenvalue weighted by molar-refractivity contribution is 5.32. The molecule has 0 aliphatic rings. The summed E-state index contributed by atoms with van der Waals surface area (Å²) in [7, 11) is 0. The number of rotatable bonds is 4. The molecule has 0 bridgehead atoms. The quantitative estimate of drug-likeness (QED) is 0.847. The van der Waals surface area contributed by atoms with Gasteiger partial charge in [0, 0.05) is 6.04 Å². The Morgan fingerprint density at radius 1 is 1.35 bits per heavy atom. The monoisotopic (exact) mass is 230 g/mol. The second kappa shape index (κ2) is 5.10. The Hall–Kier alpha value is -1.68. The van der Waals surface area contributed by atoms with Gasteiger partial charge in [-0.1, -0.05) is 23.8 Å². The molecule has 2 rings (SSSR count). The van der Waals surface area contributed by atoms with Gasteiger partial charge in [0.05, 0.1) is 6.54 Å². The van der Waals surface area contributed by atoms with Gasteiger partial charge >= 0.3 is 0 Å². The lowest BCUT2D eigenvalue weighted by atomic mass is 10.0. The molecule has 0 saturated carbocycles. The van der Waals surface area contributed by atoms with E-state index in [2.05, 4.69) is 59.5 Å². The molecular weight excluding hydrogens is 212 g/mol. The van der Waals surface area contributed by atoms with Crippen LogP contribution in [0.4, 0.5) is 0 Å². The van der Waals surface area contributed by atoms with Crippen LogP contribution in [0.1, 0.15) is 35.5 Å². The number of aromatic amines is 1. The van der Waals surface area contributed by atoms with Crippen LogP contribution < -0.4 is 5.32 Å². The minimum atomic E-state index is 0.306. The standard InChI is InChI=1S/C13H18N4/c1-9-4-5-12(10(2)6-9)11(3)14-7-13-15-8-16-17-13/h4-6,8,11,14H,7H2,1-3H3,(H,15,16,17). The molecule has 0 aliphatic carbocycles. The van der Waals surface area contributed by atoms with Crippen molar-refractivity contribution in [2.24, 2.45) is 0 Å². The molecule has 0 spiro atoms. The fourth-order valence-electron chi connectivity index (χ4n) is 1.99. The lowest BCUT2D eigenvalue weighted by Gasteiger charge is -2.16. The smallest absolute Gasteiger partial charge is 0.138 e. The van der Waals surface area contributed by atoms with Crippen LogP contribution >= 0.6 is 0 Å². The average Bonchev–Trinajstić information content (AvgIpc) is 2.78. The van der Waals surface area contributed by atoms with Crippen LogP contribution in [0.15, 0.2) is 24.5 Å². The van der Waals surface area contributed by atoms with Crippen molar-refractivity contribution in [2.45, 2.75) is 33.4 Å². The highest BCUT2D eigenvalue weighted by Crippen LogP contribution is 2.18. The molecular formula is C13H18N4. The predicted molar refractivity (Wildman–Crippen MR) is 67.6 cm³/mol. The van der Waals surface area contributed by atoms with Crippen LogP contribution in [0.2, 0.25) is 0 Å². The van der Waals surface area contributed by atoms with Crippen LogP contribution in [0.25, 0.3) is 0 Å². The van der Waals surface area contributed by atoms with Crippen LogP contribution in [-0.2, 0) is 6.54 Å². The third-order valence-corrected chi connectivity index (χ3v) is 2.93. The van der Waals surface area contributed by atoms with Crippen molar-refractivity contribution in [1.82, 2.24) is 20.5 Å². The maximum absolute atomic E-state index is 4.09. The van der Waals surface area contributed by atoms with Crippen LogP contribution in [0.5, 0.6) is 0 Å². The van der Waals surface area contributed by atoms with Crippen molar-refractivity contribution in [2.75, 3.05) is 0 Å². The Morgan fingerprint density at radius 3 is 2.82 bits per heavy atom. The van der Waals surface area contributed by atoms with E-state index in [4.69, 9.17) is 0 Å². The second-order valence-corrected chi connectivity index (χ2v) is 4.39. The van der Waals surface area contributed by atoms with E-state index in [1.807, 2.05) is 0 Å². The first-order valence-corrected chi connectivity index (χ1v) is 5.81. The highest BCUT2D eigenvalue weighted by atomic mass is 15.2. The van der Waals surface area contributed by atoms with Crippen molar-refractivity contribution in [1.29, 1.82) is 0 Å². The molecule has 1 aromatic heterocycles. The van der Waals surface area contributed by atoms with Crippen molar-refractivity contribution in [3.05, 3.63) is 47.0 Å². The number of H-pyrrole nitrogens is 1. The van der Waals surface area contributed by atoms with E-state index in [1.165, 1.54) is 23.0 Å². The molecule has 0 aliphatic heterocycles. The molecule has 0 saturated heterocycles.